The minimum Gasteiger partial charge on any atom is -0.397 e. The number of nitrogens with zero attached hydrogens (tertiary/aromatic N) is 1. The summed E-state index contributed by atoms with van der Waals surface area (Å²) in [5, 5.41) is -0.195. The fourth-order valence-corrected chi connectivity index (χ4v) is 1.30. The Bertz CT molecular complexity index is 306. The lowest BCUT2D eigenvalue weighted by atomic mass is 10.3. The monoisotopic (exact) mass is 256 g/mol. The number of hydrogen-bond acceptors (Lipinski definition) is 2. The third kappa shape index (κ3) is 1.67. The van der Waals surface area contributed by atoms with Gasteiger partial charge in [0.1, 0.15) is 5.69 Å². The zero-order valence-electron chi connectivity index (χ0n) is 5.69. The average molecular weight is 257 g/mol. The first-order valence-electron chi connectivity index (χ1n) is 2.91. The fraction of sp³-hybridized carbons (Fsp3) is 0.167. The lowest BCUT2D eigenvalue weighted by molar-refractivity contribution is 0.146. The molecular weight excluding hydrogens is 253 g/mol. The highest BCUT2D eigenvalue weighted by molar-refractivity contribution is 9.10. The van der Waals surface area contributed by atoms with Gasteiger partial charge in [0, 0.05) is 6.20 Å². The van der Waals surface area contributed by atoms with Gasteiger partial charge in [0.2, 0.25) is 0 Å². The highest BCUT2D eigenvalue weighted by Crippen LogP contribution is 2.33. The molecule has 0 aromatic carbocycles. The van der Waals surface area contributed by atoms with E-state index in [1.165, 1.54) is 6.20 Å². The second kappa shape index (κ2) is 3.53. The highest BCUT2D eigenvalue weighted by Gasteiger charge is 2.16. The summed E-state index contributed by atoms with van der Waals surface area (Å²) < 4.78 is 24.7. The van der Waals surface area contributed by atoms with Gasteiger partial charge in [-0.1, -0.05) is 11.6 Å². The Morgan fingerprint density at radius 3 is 2.67 bits per heavy atom. The van der Waals surface area contributed by atoms with Gasteiger partial charge in [0.25, 0.3) is 6.43 Å². The smallest absolute Gasteiger partial charge is 0.281 e. The molecule has 0 saturated carbocycles. The molecule has 2 N–H and O–H groups in total. The van der Waals surface area contributed by atoms with Crippen LogP contribution in [0.15, 0.2) is 10.7 Å². The van der Waals surface area contributed by atoms with Gasteiger partial charge in [-0.2, -0.15) is 0 Å². The Labute approximate surface area is 80.9 Å². The predicted molar refractivity (Wildman–Crippen MR) is 46.3 cm³/mol. The van der Waals surface area contributed by atoms with Crippen LogP contribution in [0.2, 0.25) is 5.02 Å². The maximum absolute atomic E-state index is 12.1. The maximum atomic E-state index is 12.1. The number of nitrogen functional groups attached to an aromatic ring is 1. The van der Waals surface area contributed by atoms with Crippen molar-refractivity contribution in [1.82, 2.24) is 4.98 Å². The van der Waals surface area contributed by atoms with E-state index in [0.717, 1.165) is 0 Å². The van der Waals surface area contributed by atoms with Gasteiger partial charge in [-0.15, -0.1) is 0 Å². The molecule has 0 amide bonds. The first-order valence-corrected chi connectivity index (χ1v) is 4.08. The second-order valence-corrected chi connectivity index (χ2v) is 3.25. The van der Waals surface area contributed by atoms with Crippen molar-refractivity contribution in [3.63, 3.8) is 0 Å². The molecule has 0 aliphatic rings. The second-order valence-electron chi connectivity index (χ2n) is 2.02. The van der Waals surface area contributed by atoms with Crippen molar-refractivity contribution < 1.29 is 8.78 Å². The largest absolute Gasteiger partial charge is 0.397 e. The van der Waals surface area contributed by atoms with Crippen molar-refractivity contribution in [3.05, 3.63) is 21.4 Å². The van der Waals surface area contributed by atoms with Crippen LogP contribution >= 0.6 is 27.5 Å². The van der Waals surface area contributed by atoms with E-state index in [-0.39, 0.29) is 10.7 Å². The number of alkyl halides is 2. The number of rotatable bonds is 1. The van der Waals surface area contributed by atoms with E-state index in [1.54, 1.807) is 0 Å². The molecule has 1 aromatic rings. The third-order valence-corrected chi connectivity index (χ3v) is 2.27. The van der Waals surface area contributed by atoms with Crippen molar-refractivity contribution in [3.8, 4) is 0 Å². The van der Waals surface area contributed by atoms with Gasteiger partial charge in [0.15, 0.2) is 0 Å². The average Bonchev–Trinajstić information content (AvgIpc) is 2.00. The summed E-state index contributed by atoms with van der Waals surface area (Å²) >= 11 is 8.51. The topological polar surface area (TPSA) is 38.9 Å². The van der Waals surface area contributed by atoms with E-state index in [2.05, 4.69) is 20.9 Å². The van der Waals surface area contributed by atoms with Crippen molar-refractivity contribution in [2.75, 3.05) is 5.73 Å². The number of hydrogen-bond donors (Lipinski definition) is 1. The summed E-state index contributed by atoms with van der Waals surface area (Å²) in [6.07, 6.45) is -1.50. The Morgan fingerprint density at radius 2 is 2.17 bits per heavy atom. The van der Waals surface area contributed by atoms with Crippen LogP contribution in [0, 0.1) is 0 Å². The molecule has 1 aromatic heterocycles. The lowest BCUT2D eigenvalue weighted by Gasteiger charge is -2.05. The summed E-state index contributed by atoms with van der Waals surface area (Å²) in [5.41, 5.74) is 4.96. The van der Waals surface area contributed by atoms with E-state index in [9.17, 15) is 8.78 Å². The van der Waals surface area contributed by atoms with Crippen molar-refractivity contribution in [2.45, 2.75) is 6.43 Å². The van der Waals surface area contributed by atoms with E-state index in [4.69, 9.17) is 17.3 Å². The van der Waals surface area contributed by atoms with Crippen LogP contribution in [0.3, 0.4) is 0 Å². The summed E-state index contributed by atoms with van der Waals surface area (Å²) in [6, 6.07) is 0. The van der Waals surface area contributed by atoms with Crippen LogP contribution in [0.1, 0.15) is 12.1 Å². The van der Waals surface area contributed by atoms with Gasteiger partial charge in [-0.25, -0.2) is 8.78 Å². The van der Waals surface area contributed by atoms with Gasteiger partial charge in [-0.05, 0) is 15.9 Å². The van der Waals surface area contributed by atoms with Crippen LogP contribution in [0.4, 0.5) is 14.5 Å². The van der Waals surface area contributed by atoms with Crippen LogP contribution in [0.25, 0.3) is 0 Å². The summed E-state index contributed by atoms with van der Waals surface area (Å²) in [7, 11) is 0. The number of anilines is 1. The number of aromatic nitrogens is 1. The van der Waals surface area contributed by atoms with Gasteiger partial charge < -0.3 is 5.73 Å². The number of halogens is 4. The van der Waals surface area contributed by atoms with Gasteiger partial charge >= 0.3 is 0 Å². The Hall–Kier alpha value is -0.420. The van der Waals surface area contributed by atoms with E-state index in [0.29, 0.717) is 4.47 Å². The molecule has 12 heavy (non-hydrogen) atoms. The first kappa shape index (κ1) is 9.67. The van der Waals surface area contributed by atoms with Crippen LogP contribution in [0.5, 0.6) is 0 Å². The van der Waals surface area contributed by atoms with Crippen LogP contribution < -0.4 is 5.73 Å². The molecule has 0 bridgehead atoms. The molecule has 0 saturated heterocycles. The molecule has 0 fully saturated rings. The third-order valence-electron chi connectivity index (χ3n) is 1.24. The molecule has 66 valence electrons. The molecule has 0 unspecified atom stereocenters. The lowest BCUT2D eigenvalue weighted by Crippen LogP contribution is -1.97. The summed E-state index contributed by atoms with van der Waals surface area (Å²) in [4.78, 5) is 3.43. The quantitative estimate of drug-likeness (QED) is 0.840. The predicted octanol–water partition coefficient (Wildman–Crippen LogP) is 3.02. The van der Waals surface area contributed by atoms with Crippen molar-refractivity contribution >= 4 is 33.2 Å². The number of nitrogens with two attached hydrogens (primary N) is 1. The SMILES string of the molecule is Nc1c(Br)cnc(C(F)F)c1Cl. The van der Waals surface area contributed by atoms with E-state index < -0.39 is 12.1 Å². The zero-order chi connectivity index (χ0) is 9.30. The molecule has 0 spiro atoms. The fourth-order valence-electron chi connectivity index (χ4n) is 0.647. The number of pyridine rings is 1. The summed E-state index contributed by atoms with van der Waals surface area (Å²) in [6.45, 7) is 0. The maximum Gasteiger partial charge on any atom is 0.281 e. The van der Waals surface area contributed by atoms with Crippen molar-refractivity contribution in [1.29, 1.82) is 0 Å². The normalized spacial score (nSPS) is 10.8. The van der Waals surface area contributed by atoms with Gasteiger partial charge in [-0.3, -0.25) is 4.98 Å². The summed E-state index contributed by atoms with van der Waals surface area (Å²) in [5.74, 6) is 0. The van der Waals surface area contributed by atoms with Crippen LogP contribution in [-0.4, -0.2) is 4.98 Å². The van der Waals surface area contributed by atoms with E-state index in [1.807, 2.05) is 0 Å². The molecular formula is C6H4BrClF2N2. The molecule has 1 rings (SSSR count). The molecule has 2 nitrogen and oxygen atoms in total. The molecule has 1 heterocycles. The first-order chi connectivity index (χ1) is 5.54. The Balaban J connectivity index is 3.27. The van der Waals surface area contributed by atoms with Gasteiger partial charge in [0.05, 0.1) is 15.2 Å². The molecule has 0 aliphatic carbocycles. The standard InChI is InChI=1S/C6H4BrClF2N2/c7-2-1-12-5(6(9)10)3(8)4(2)11/h1,6H,(H2,11,12). The molecule has 6 heteroatoms. The van der Waals surface area contributed by atoms with E-state index >= 15 is 0 Å². The van der Waals surface area contributed by atoms with Crippen LogP contribution in [-0.2, 0) is 0 Å². The zero-order valence-corrected chi connectivity index (χ0v) is 8.03. The minimum absolute atomic E-state index is 0.0852. The molecule has 0 atom stereocenters. The highest BCUT2D eigenvalue weighted by atomic mass is 79.9. The van der Waals surface area contributed by atoms with Crippen molar-refractivity contribution in [2.24, 2.45) is 0 Å². The Morgan fingerprint density at radius 1 is 1.58 bits per heavy atom. The minimum atomic E-state index is -2.70. The Kier molecular flexibility index (Phi) is 2.85. The molecule has 0 radical (unpaired) electrons. The molecule has 0 aliphatic heterocycles.